The summed E-state index contributed by atoms with van der Waals surface area (Å²) in [5.74, 6) is -0.551. The number of amides is 1. The fourth-order valence-corrected chi connectivity index (χ4v) is 4.39. The Balaban J connectivity index is 1.03. The highest BCUT2D eigenvalue weighted by Gasteiger charge is 2.22. The van der Waals surface area contributed by atoms with Crippen molar-refractivity contribution in [2.75, 3.05) is 32.7 Å². The Labute approximate surface area is 220 Å². The van der Waals surface area contributed by atoms with Crippen LogP contribution in [0, 0.1) is 0 Å². The summed E-state index contributed by atoms with van der Waals surface area (Å²) in [6.45, 7) is 3.28. The SMILES string of the molecule is O=C(CCN1CCN(C(=O)OCc2ccc(C=Cc3ccccc3)cc2)CC1)c1ccc2[nH]c(=O)oc2c1. The molecule has 8 heteroatoms. The van der Waals surface area contributed by atoms with Gasteiger partial charge in [-0.05, 0) is 34.9 Å². The lowest BCUT2D eigenvalue weighted by Crippen LogP contribution is -2.49. The van der Waals surface area contributed by atoms with Crippen LogP contribution in [0.25, 0.3) is 23.3 Å². The lowest BCUT2D eigenvalue weighted by Gasteiger charge is -2.33. The number of ketones is 1. The highest BCUT2D eigenvalue weighted by atomic mass is 16.6. The van der Waals surface area contributed by atoms with Gasteiger partial charge in [0.2, 0.25) is 0 Å². The van der Waals surface area contributed by atoms with Crippen molar-refractivity contribution < 1.29 is 18.7 Å². The second kappa shape index (κ2) is 11.7. The molecule has 1 amide bonds. The second-order valence-electron chi connectivity index (χ2n) is 9.27. The van der Waals surface area contributed by atoms with E-state index in [0.29, 0.717) is 55.8 Å². The predicted molar refractivity (Wildman–Crippen MR) is 146 cm³/mol. The van der Waals surface area contributed by atoms with E-state index >= 15 is 0 Å². The number of benzene rings is 3. The van der Waals surface area contributed by atoms with Gasteiger partial charge in [0.1, 0.15) is 6.61 Å². The maximum Gasteiger partial charge on any atom is 0.417 e. The van der Waals surface area contributed by atoms with Crippen LogP contribution in [0.4, 0.5) is 4.79 Å². The second-order valence-corrected chi connectivity index (χ2v) is 9.27. The molecule has 194 valence electrons. The number of aromatic amines is 1. The van der Waals surface area contributed by atoms with Crippen LogP contribution in [-0.2, 0) is 11.3 Å². The van der Waals surface area contributed by atoms with Crippen LogP contribution in [-0.4, -0.2) is 59.4 Å². The van der Waals surface area contributed by atoms with E-state index in [1.165, 1.54) is 0 Å². The number of fused-ring (bicyclic) bond motifs is 1. The molecule has 4 aromatic rings. The Kier molecular flexibility index (Phi) is 7.80. The van der Waals surface area contributed by atoms with Crippen molar-refractivity contribution in [3.63, 3.8) is 0 Å². The number of hydrogen-bond donors (Lipinski definition) is 1. The molecule has 38 heavy (non-hydrogen) atoms. The van der Waals surface area contributed by atoms with Gasteiger partial charge in [0.25, 0.3) is 0 Å². The molecule has 5 rings (SSSR count). The molecule has 0 bridgehead atoms. The third kappa shape index (κ3) is 6.46. The fourth-order valence-electron chi connectivity index (χ4n) is 4.39. The van der Waals surface area contributed by atoms with E-state index in [-0.39, 0.29) is 18.5 Å². The average molecular weight is 512 g/mol. The van der Waals surface area contributed by atoms with Gasteiger partial charge in [0.05, 0.1) is 5.52 Å². The van der Waals surface area contributed by atoms with E-state index < -0.39 is 5.76 Å². The molecule has 1 aliphatic rings. The molecule has 0 unspecified atom stereocenters. The van der Waals surface area contributed by atoms with Gasteiger partial charge in [-0.25, -0.2) is 9.59 Å². The van der Waals surface area contributed by atoms with Crippen molar-refractivity contribution in [2.24, 2.45) is 0 Å². The molecule has 1 fully saturated rings. The van der Waals surface area contributed by atoms with E-state index in [1.807, 2.05) is 42.5 Å². The molecule has 1 aliphatic heterocycles. The smallest absolute Gasteiger partial charge is 0.417 e. The Morgan fingerprint density at radius 3 is 2.34 bits per heavy atom. The first kappa shape index (κ1) is 25.2. The summed E-state index contributed by atoms with van der Waals surface area (Å²) in [5, 5.41) is 0. The van der Waals surface area contributed by atoms with Gasteiger partial charge in [-0.3, -0.25) is 14.7 Å². The summed E-state index contributed by atoms with van der Waals surface area (Å²) in [6.07, 6.45) is 4.14. The Bertz CT molecular complexity index is 1480. The average Bonchev–Trinajstić information content (AvgIpc) is 3.34. The van der Waals surface area contributed by atoms with Gasteiger partial charge in [0.15, 0.2) is 11.4 Å². The largest absolute Gasteiger partial charge is 0.445 e. The standard InChI is InChI=1S/C30H29N3O5/c34-27(25-12-13-26-28(20-25)38-29(35)31-26)14-15-32-16-18-33(19-17-32)30(36)37-21-24-10-8-23(9-11-24)7-6-22-4-2-1-3-5-22/h1-13,20H,14-19,21H2,(H,31,35). The maximum atomic E-state index is 12.6. The first-order chi connectivity index (χ1) is 18.5. The summed E-state index contributed by atoms with van der Waals surface area (Å²) in [4.78, 5) is 42.9. The number of carbonyl (C=O) groups is 2. The number of nitrogens with one attached hydrogen (secondary N) is 1. The van der Waals surface area contributed by atoms with Gasteiger partial charge in [-0.1, -0.05) is 66.7 Å². The molecule has 0 saturated carbocycles. The number of aromatic nitrogens is 1. The highest BCUT2D eigenvalue weighted by molar-refractivity contribution is 5.98. The molecule has 1 N–H and O–H groups in total. The lowest BCUT2D eigenvalue weighted by atomic mass is 10.1. The minimum atomic E-state index is -0.536. The molecule has 0 radical (unpaired) electrons. The molecular weight excluding hydrogens is 482 g/mol. The number of hydrogen-bond acceptors (Lipinski definition) is 6. The van der Waals surface area contributed by atoms with Crippen LogP contribution < -0.4 is 5.76 Å². The summed E-state index contributed by atoms with van der Waals surface area (Å²) in [5.41, 5.74) is 4.62. The zero-order valence-electron chi connectivity index (χ0n) is 21.0. The van der Waals surface area contributed by atoms with Crippen molar-refractivity contribution in [3.8, 4) is 0 Å². The van der Waals surface area contributed by atoms with Crippen molar-refractivity contribution in [3.05, 3.63) is 106 Å². The van der Waals surface area contributed by atoms with Crippen molar-refractivity contribution in [1.29, 1.82) is 0 Å². The predicted octanol–water partition coefficient (Wildman–Crippen LogP) is 4.82. The maximum absolute atomic E-state index is 12.6. The number of ether oxygens (including phenoxy) is 1. The number of carbonyl (C=O) groups excluding carboxylic acids is 2. The van der Waals surface area contributed by atoms with Crippen molar-refractivity contribution in [2.45, 2.75) is 13.0 Å². The first-order valence-corrected chi connectivity index (χ1v) is 12.7. The number of nitrogens with zero attached hydrogens (tertiary/aromatic N) is 2. The van der Waals surface area contributed by atoms with E-state index in [1.54, 1.807) is 23.1 Å². The summed E-state index contributed by atoms with van der Waals surface area (Å²) in [7, 11) is 0. The molecule has 0 aliphatic carbocycles. The zero-order chi connectivity index (χ0) is 26.3. The van der Waals surface area contributed by atoms with E-state index in [2.05, 4.69) is 34.2 Å². The summed E-state index contributed by atoms with van der Waals surface area (Å²) < 4.78 is 10.6. The highest BCUT2D eigenvalue weighted by Crippen LogP contribution is 2.15. The van der Waals surface area contributed by atoms with E-state index in [0.717, 1.165) is 16.7 Å². The van der Waals surface area contributed by atoms with Crippen LogP contribution in [0.1, 0.15) is 33.5 Å². The number of rotatable bonds is 8. The normalized spacial score (nSPS) is 14.3. The number of Topliss-reactive ketones (excluding diaryl/α,β-unsaturated/α-hetero) is 1. The number of oxazole rings is 1. The topological polar surface area (TPSA) is 95.9 Å². The molecule has 2 heterocycles. The zero-order valence-corrected chi connectivity index (χ0v) is 21.0. The van der Waals surface area contributed by atoms with Crippen molar-refractivity contribution in [1.82, 2.24) is 14.8 Å². The molecule has 0 spiro atoms. The Hall–Kier alpha value is -4.43. The van der Waals surface area contributed by atoms with Gasteiger partial charge in [-0.15, -0.1) is 0 Å². The molecule has 3 aromatic carbocycles. The molecule has 1 saturated heterocycles. The van der Waals surface area contributed by atoms with Gasteiger partial charge >= 0.3 is 11.8 Å². The lowest BCUT2D eigenvalue weighted by molar-refractivity contribution is 0.0696. The fraction of sp³-hybridized carbons (Fsp3) is 0.233. The summed E-state index contributed by atoms with van der Waals surface area (Å²) in [6, 6.07) is 23.0. The van der Waals surface area contributed by atoms with Crippen LogP contribution in [0.5, 0.6) is 0 Å². The van der Waals surface area contributed by atoms with Crippen LogP contribution in [0.3, 0.4) is 0 Å². The van der Waals surface area contributed by atoms with E-state index in [4.69, 9.17) is 9.15 Å². The first-order valence-electron chi connectivity index (χ1n) is 12.7. The summed E-state index contributed by atoms with van der Waals surface area (Å²) >= 11 is 0. The van der Waals surface area contributed by atoms with Crippen LogP contribution in [0.2, 0.25) is 0 Å². The number of piperazine rings is 1. The van der Waals surface area contributed by atoms with Gasteiger partial charge < -0.3 is 14.1 Å². The third-order valence-corrected chi connectivity index (χ3v) is 6.64. The Morgan fingerprint density at radius 2 is 1.61 bits per heavy atom. The van der Waals surface area contributed by atoms with Crippen molar-refractivity contribution >= 4 is 35.1 Å². The molecular formula is C30H29N3O5. The van der Waals surface area contributed by atoms with Gasteiger partial charge in [0, 0.05) is 44.7 Å². The minimum absolute atomic E-state index is 0.0147. The monoisotopic (exact) mass is 511 g/mol. The van der Waals surface area contributed by atoms with Crippen LogP contribution >= 0.6 is 0 Å². The molecule has 0 atom stereocenters. The molecule has 8 nitrogen and oxygen atoms in total. The Morgan fingerprint density at radius 1 is 0.895 bits per heavy atom. The molecule has 1 aromatic heterocycles. The minimum Gasteiger partial charge on any atom is -0.445 e. The van der Waals surface area contributed by atoms with E-state index in [9.17, 15) is 14.4 Å². The third-order valence-electron chi connectivity index (χ3n) is 6.64. The van der Waals surface area contributed by atoms with Crippen LogP contribution in [0.15, 0.2) is 82.0 Å². The quantitative estimate of drug-likeness (QED) is 0.269. The van der Waals surface area contributed by atoms with Gasteiger partial charge in [-0.2, -0.15) is 0 Å². The number of H-pyrrole nitrogens is 1.